The van der Waals surface area contributed by atoms with Gasteiger partial charge in [-0.25, -0.2) is 0 Å². The van der Waals surface area contributed by atoms with Crippen LogP contribution in [0.25, 0.3) is 0 Å². The Morgan fingerprint density at radius 1 is 0.667 bits per heavy atom. The molecule has 0 bridgehead atoms. The maximum Gasteiger partial charge on any atom is 0.307 e. The molecule has 0 fully saturated rings. The Morgan fingerprint density at radius 2 is 1.12 bits per heavy atom. The van der Waals surface area contributed by atoms with E-state index in [9.17, 15) is 14.7 Å². The van der Waals surface area contributed by atoms with Gasteiger partial charge < -0.3 is 9.84 Å². The van der Waals surface area contributed by atoms with E-state index >= 15 is 0 Å². The number of allylic oxidation sites excluding steroid dienone is 2. The number of ether oxygens (including phenoxy) is 1. The predicted molar refractivity (Wildman–Crippen MR) is 140 cm³/mol. The summed E-state index contributed by atoms with van der Waals surface area (Å²) in [6, 6.07) is 0. The number of hydrogen-bond donors (Lipinski definition) is 1. The Hall–Kier alpha value is -1.32. The minimum Gasteiger partial charge on any atom is -0.481 e. The first-order valence-electron chi connectivity index (χ1n) is 14.1. The van der Waals surface area contributed by atoms with Crippen LogP contribution in [0.2, 0.25) is 0 Å². The lowest BCUT2D eigenvalue weighted by atomic mass is 9.97. The van der Waals surface area contributed by atoms with E-state index in [2.05, 4.69) is 19.1 Å². The molecule has 0 aromatic carbocycles. The van der Waals surface area contributed by atoms with E-state index in [0.717, 1.165) is 38.5 Å². The number of carbonyl (C=O) groups is 2. The van der Waals surface area contributed by atoms with Crippen molar-refractivity contribution in [3.8, 4) is 0 Å². The van der Waals surface area contributed by atoms with Crippen LogP contribution in [-0.2, 0) is 14.3 Å². The molecule has 4 nitrogen and oxygen atoms in total. The van der Waals surface area contributed by atoms with Crippen LogP contribution in [0.4, 0.5) is 0 Å². The van der Waals surface area contributed by atoms with Gasteiger partial charge in [0.1, 0.15) is 0 Å². The standard InChI is InChI=1S/C29H54O4/c1-3-5-6-7-8-9-10-11-12-13-14-15-16-17-18-19-20-21-22-23-24-27(29(31)32)26-28(30)33-25-4-2/h17-18,27H,3-16,19-26H2,1-2H3,(H,31,32)/b18-17+. The number of carboxylic acid groups (broad SMARTS) is 1. The molecule has 0 aromatic rings. The first-order chi connectivity index (χ1) is 16.1. The lowest BCUT2D eigenvalue weighted by Crippen LogP contribution is -2.19. The minimum absolute atomic E-state index is 0.00278. The zero-order chi connectivity index (χ0) is 24.4. The number of rotatable bonds is 25. The van der Waals surface area contributed by atoms with Crippen LogP contribution in [0.1, 0.15) is 149 Å². The summed E-state index contributed by atoms with van der Waals surface area (Å²) in [6.45, 7) is 4.58. The maximum atomic E-state index is 11.6. The summed E-state index contributed by atoms with van der Waals surface area (Å²) < 4.78 is 5.01. The molecule has 0 saturated heterocycles. The molecule has 1 unspecified atom stereocenters. The van der Waals surface area contributed by atoms with Crippen molar-refractivity contribution in [2.75, 3.05) is 6.61 Å². The summed E-state index contributed by atoms with van der Waals surface area (Å²) in [6.07, 6.45) is 29.2. The fraction of sp³-hybridized carbons (Fsp3) is 0.862. The highest BCUT2D eigenvalue weighted by atomic mass is 16.5. The van der Waals surface area contributed by atoms with Gasteiger partial charge in [0.15, 0.2) is 0 Å². The maximum absolute atomic E-state index is 11.6. The summed E-state index contributed by atoms with van der Waals surface area (Å²) in [4.78, 5) is 23.0. The second-order valence-electron chi connectivity index (χ2n) is 9.60. The van der Waals surface area contributed by atoms with E-state index in [0.29, 0.717) is 13.0 Å². The smallest absolute Gasteiger partial charge is 0.307 e. The Morgan fingerprint density at radius 3 is 1.58 bits per heavy atom. The third-order valence-electron chi connectivity index (χ3n) is 6.29. The summed E-state index contributed by atoms with van der Waals surface area (Å²) in [5.74, 6) is -1.88. The number of carbonyl (C=O) groups excluding carboxylic acids is 1. The molecule has 33 heavy (non-hydrogen) atoms. The minimum atomic E-state index is -0.885. The van der Waals surface area contributed by atoms with Gasteiger partial charge in [-0.3, -0.25) is 9.59 Å². The molecule has 0 radical (unpaired) electrons. The van der Waals surface area contributed by atoms with Crippen LogP contribution >= 0.6 is 0 Å². The average Bonchev–Trinajstić information content (AvgIpc) is 2.80. The molecule has 0 aromatic heterocycles. The predicted octanol–water partition coefficient (Wildman–Crippen LogP) is 9.02. The second kappa shape index (κ2) is 25.3. The summed E-state index contributed by atoms with van der Waals surface area (Å²) in [7, 11) is 0. The topological polar surface area (TPSA) is 63.6 Å². The van der Waals surface area contributed by atoms with Crippen molar-refractivity contribution in [2.45, 2.75) is 149 Å². The van der Waals surface area contributed by atoms with Crippen molar-refractivity contribution in [1.29, 1.82) is 0 Å². The molecular formula is C29H54O4. The van der Waals surface area contributed by atoms with Gasteiger partial charge in [-0.2, -0.15) is 0 Å². The molecule has 4 heteroatoms. The molecule has 1 atom stereocenters. The third kappa shape index (κ3) is 23.6. The summed E-state index contributed by atoms with van der Waals surface area (Å²) in [5, 5.41) is 9.29. The van der Waals surface area contributed by atoms with Crippen LogP contribution in [0, 0.1) is 5.92 Å². The zero-order valence-corrected chi connectivity index (χ0v) is 22.0. The van der Waals surface area contributed by atoms with Crippen LogP contribution in [0.3, 0.4) is 0 Å². The van der Waals surface area contributed by atoms with E-state index in [1.165, 1.54) is 83.5 Å². The molecule has 0 rings (SSSR count). The van der Waals surface area contributed by atoms with E-state index < -0.39 is 11.9 Å². The number of unbranched alkanes of at least 4 members (excludes halogenated alkanes) is 16. The Balaban J connectivity index is 3.43. The number of esters is 1. The van der Waals surface area contributed by atoms with Crippen molar-refractivity contribution in [3.63, 3.8) is 0 Å². The van der Waals surface area contributed by atoms with Crippen LogP contribution in [0.15, 0.2) is 12.2 Å². The fourth-order valence-corrected chi connectivity index (χ4v) is 4.13. The van der Waals surface area contributed by atoms with Crippen LogP contribution in [0.5, 0.6) is 0 Å². The second-order valence-corrected chi connectivity index (χ2v) is 9.60. The van der Waals surface area contributed by atoms with Gasteiger partial charge in [-0.05, 0) is 38.5 Å². The molecule has 0 aliphatic rings. The van der Waals surface area contributed by atoms with Gasteiger partial charge in [0.05, 0.1) is 18.9 Å². The van der Waals surface area contributed by atoms with Gasteiger partial charge in [0, 0.05) is 0 Å². The molecule has 0 amide bonds. The molecule has 1 N–H and O–H groups in total. The van der Waals surface area contributed by atoms with Crippen LogP contribution in [-0.4, -0.2) is 23.7 Å². The number of aliphatic carboxylic acids is 1. The van der Waals surface area contributed by atoms with Gasteiger partial charge in [-0.15, -0.1) is 0 Å². The van der Waals surface area contributed by atoms with Crippen LogP contribution < -0.4 is 0 Å². The fourth-order valence-electron chi connectivity index (χ4n) is 4.13. The summed E-state index contributed by atoms with van der Waals surface area (Å²) in [5.41, 5.74) is 0. The summed E-state index contributed by atoms with van der Waals surface area (Å²) >= 11 is 0. The van der Waals surface area contributed by atoms with Gasteiger partial charge >= 0.3 is 11.9 Å². The molecule has 0 aliphatic heterocycles. The molecule has 0 spiro atoms. The lowest BCUT2D eigenvalue weighted by Gasteiger charge is -2.11. The Bertz CT molecular complexity index is 472. The van der Waals surface area contributed by atoms with E-state index in [-0.39, 0.29) is 12.4 Å². The van der Waals surface area contributed by atoms with Gasteiger partial charge in [-0.1, -0.05) is 116 Å². The first kappa shape index (κ1) is 31.7. The zero-order valence-electron chi connectivity index (χ0n) is 22.0. The lowest BCUT2D eigenvalue weighted by molar-refractivity contribution is -0.151. The van der Waals surface area contributed by atoms with Crippen molar-refractivity contribution >= 4 is 11.9 Å². The first-order valence-corrected chi connectivity index (χ1v) is 14.1. The normalized spacial score (nSPS) is 12.3. The Labute approximate surface area is 204 Å². The van der Waals surface area contributed by atoms with Crippen molar-refractivity contribution in [2.24, 2.45) is 5.92 Å². The van der Waals surface area contributed by atoms with Crippen molar-refractivity contribution in [3.05, 3.63) is 12.2 Å². The third-order valence-corrected chi connectivity index (χ3v) is 6.29. The Kier molecular flexibility index (Phi) is 24.3. The van der Waals surface area contributed by atoms with E-state index in [1.54, 1.807) is 0 Å². The highest BCUT2D eigenvalue weighted by Gasteiger charge is 2.21. The highest BCUT2D eigenvalue weighted by Crippen LogP contribution is 2.17. The molecular weight excluding hydrogens is 412 g/mol. The monoisotopic (exact) mass is 466 g/mol. The average molecular weight is 467 g/mol. The SMILES string of the molecule is CCCCCCCCCCCCCC/C=C/CCCCCCC(CC(=O)OCCC)C(=O)O. The van der Waals surface area contributed by atoms with E-state index in [1.807, 2.05) is 6.92 Å². The quantitative estimate of drug-likeness (QED) is 0.0828. The van der Waals surface area contributed by atoms with E-state index in [4.69, 9.17) is 4.74 Å². The van der Waals surface area contributed by atoms with Crippen molar-refractivity contribution in [1.82, 2.24) is 0 Å². The van der Waals surface area contributed by atoms with Gasteiger partial charge in [0.25, 0.3) is 0 Å². The molecule has 0 heterocycles. The van der Waals surface area contributed by atoms with Crippen molar-refractivity contribution < 1.29 is 19.4 Å². The molecule has 194 valence electrons. The van der Waals surface area contributed by atoms with Gasteiger partial charge in [0.2, 0.25) is 0 Å². The number of hydrogen-bond acceptors (Lipinski definition) is 3. The molecule has 0 saturated carbocycles. The highest BCUT2D eigenvalue weighted by molar-refractivity contribution is 5.78. The largest absolute Gasteiger partial charge is 0.481 e. The molecule has 0 aliphatic carbocycles. The number of carboxylic acids is 1.